The number of hydrogen-bond acceptors (Lipinski definition) is 3. The van der Waals surface area contributed by atoms with E-state index in [1.165, 1.54) is 0 Å². The van der Waals surface area contributed by atoms with Crippen molar-refractivity contribution in [2.75, 3.05) is 6.54 Å². The number of carbonyl (C=O) groups is 1. The highest BCUT2D eigenvalue weighted by Gasteiger charge is 2.09. The molecule has 0 spiro atoms. The van der Waals surface area contributed by atoms with E-state index in [0.29, 0.717) is 24.3 Å². The highest BCUT2D eigenvalue weighted by atomic mass is 32.1. The van der Waals surface area contributed by atoms with Gasteiger partial charge in [0.2, 0.25) is 5.91 Å². The zero-order valence-corrected chi connectivity index (χ0v) is 13.6. The maximum atomic E-state index is 13.5. The summed E-state index contributed by atoms with van der Waals surface area (Å²) < 4.78 is 28.9. The SMILES string of the molecule is CCn1c(CCNC(=O)CCc2cc(F)ccc2F)n[nH]c1=S. The van der Waals surface area contributed by atoms with Gasteiger partial charge in [0.25, 0.3) is 0 Å². The molecule has 0 unspecified atom stereocenters. The summed E-state index contributed by atoms with van der Waals surface area (Å²) in [6.07, 6.45) is 0.797. The third-order valence-electron chi connectivity index (χ3n) is 3.45. The van der Waals surface area contributed by atoms with Crippen LogP contribution in [0.5, 0.6) is 0 Å². The molecule has 124 valence electrons. The normalized spacial score (nSPS) is 10.7. The van der Waals surface area contributed by atoms with Crippen LogP contribution in [0.3, 0.4) is 0 Å². The number of amides is 1. The van der Waals surface area contributed by atoms with Crippen LogP contribution < -0.4 is 5.32 Å². The Hall–Kier alpha value is -2.09. The molecule has 1 aromatic heterocycles. The molecule has 0 saturated heterocycles. The van der Waals surface area contributed by atoms with Crippen LogP contribution in [0.15, 0.2) is 18.2 Å². The number of benzene rings is 1. The Bertz CT molecular complexity index is 741. The fraction of sp³-hybridized carbons (Fsp3) is 0.400. The average molecular weight is 340 g/mol. The first-order valence-electron chi connectivity index (χ1n) is 7.36. The molecular weight excluding hydrogens is 322 g/mol. The molecule has 5 nitrogen and oxygen atoms in total. The number of halogens is 2. The van der Waals surface area contributed by atoms with Crippen molar-refractivity contribution >= 4 is 18.1 Å². The molecular formula is C15H18F2N4OS. The van der Waals surface area contributed by atoms with Gasteiger partial charge in [-0.25, -0.2) is 8.78 Å². The minimum atomic E-state index is -0.510. The molecule has 0 bridgehead atoms. The summed E-state index contributed by atoms with van der Waals surface area (Å²) in [6, 6.07) is 3.23. The molecule has 0 radical (unpaired) electrons. The molecule has 23 heavy (non-hydrogen) atoms. The molecule has 2 rings (SSSR count). The smallest absolute Gasteiger partial charge is 0.220 e. The number of rotatable bonds is 7. The molecule has 1 amide bonds. The summed E-state index contributed by atoms with van der Waals surface area (Å²) in [6.45, 7) is 3.07. The lowest BCUT2D eigenvalue weighted by Crippen LogP contribution is -2.26. The van der Waals surface area contributed by atoms with E-state index in [1.807, 2.05) is 11.5 Å². The Morgan fingerprint density at radius 2 is 2.17 bits per heavy atom. The van der Waals surface area contributed by atoms with E-state index in [0.717, 1.165) is 24.0 Å². The number of carbonyl (C=O) groups excluding carboxylic acids is 1. The van der Waals surface area contributed by atoms with Crippen molar-refractivity contribution in [2.45, 2.75) is 32.7 Å². The molecule has 1 aromatic carbocycles. The van der Waals surface area contributed by atoms with Gasteiger partial charge in [-0.05, 0) is 49.3 Å². The first-order chi connectivity index (χ1) is 11.0. The number of nitrogens with one attached hydrogen (secondary N) is 2. The Morgan fingerprint density at radius 1 is 1.39 bits per heavy atom. The topological polar surface area (TPSA) is 62.7 Å². The van der Waals surface area contributed by atoms with E-state index < -0.39 is 11.6 Å². The van der Waals surface area contributed by atoms with Crippen molar-refractivity contribution in [1.29, 1.82) is 0 Å². The summed E-state index contributed by atoms with van der Waals surface area (Å²) >= 11 is 5.08. The van der Waals surface area contributed by atoms with Crippen LogP contribution in [0.4, 0.5) is 8.78 Å². The van der Waals surface area contributed by atoms with E-state index >= 15 is 0 Å². The third kappa shape index (κ3) is 4.69. The molecule has 0 aliphatic heterocycles. The summed E-state index contributed by atoms with van der Waals surface area (Å²) in [5.41, 5.74) is 0.201. The number of aryl methyl sites for hydroxylation is 1. The van der Waals surface area contributed by atoms with Crippen molar-refractivity contribution in [3.05, 3.63) is 46.0 Å². The van der Waals surface area contributed by atoms with Crippen LogP contribution in [-0.4, -0.2) is 27.2 Å². The highest BCUT2D eigenvalue weighted by molar-refractivity contribution is 7.71. The maximum absolute atomic E-state index is 13.5. The van der Waals surface area contributed by atoms with Gasteiger partial charge in [-0.15, -0.1) is 0 Å². The molecule has 2 N–H and O–H groups in total. The van der Waals surface area contributed by atoms with Crippen LogP contribution in [0.1, 0.15) is 24.7 Å². The van der Waals surface area contributed by atoms with Gasteiger partial charge in [-0.3, -0.25) is 9.89 Å². The Balaban J connectivity index is 1.79. The van der Waals surface area contributed by atoms with Gasteiger partial charge in [0.15, 0.2) is 4.77 Å². The van der Waals surface area contributed by atoms with Crippen LogP contribution in [-0.2, 0) is 24.2 Å². The van der Waals surface area contributed by atoms with Crippen molar-refractivity contribution in [3.8, 4) is 0 Å². The highest BCUT2D eigenvalue weighted by Crippen LogP contribution is 2.11. The van der Waals surface area contributed by atoms with Crippen LogP contribution in [0, 0.1) is 16.4 Å². The number of hydrogen-bond donors (Lipinski definition) is 2. The van der Waals surface area contributed by atoms with Gasteiger partial charge >= 0.3 is 0 Å². The predicted molar refractivity (Wildman–Crippen MR) is 84.5 cm³/mol. The molecule has 1 heterocycles. The summed E-state index contributed by atoms with van der Waals surface area (Å²) in [5.74, 6) is -0.457. The van der Waals surface area contributed by atoms with Crippen LogP contribution in [0.2, 0.25) is 0 Å². The second kappa shape index (κ2) is 7.96. The van der Waals surface area contributed by atoms with E-state index in [1.54, 1.807) is 0 Å². The number of nitrogens with zero attached hydrogens (tertiary/aromatic N) is 2. The van der Waals surface area contributed by atoms with E-state index in [9.17, 15) is 13.6 Å². The fourth-order valence-electron chi connectivity index (χ4n) is 2.25. The Labute approximate surface area is 137 Å². The molecule has 0 fully saturated rings. The summed E-state index contributed by atoms with van der Waals surface area (Å²) in [5, 5.41) is 9.55. The molecule has 8 heteroatoms. The van der Waals surface area contributed by atoms with Gasteiger partial charge in [0, 0.05) is 25.9 Å². The third-order valence-corrected chi connectivity index (χ3v) is 3.77. The van der Waals surface area contributed by atoms with Gasteiger partial charge in [0.1, 0.15) is 17.5 Å². The second-order valence-corrected chi connectivity index (χ2v) is 5.41. The van der Waals surface area contributed by atoms with E-state index in [-0.39, 0.29) is 24.3 Å². The zero-order chi connectivity index (χ0) is 16.8. The van der Waals surface area contributed by atoms with E-state index in [2.05, 4.69) is 15.5 Å². The minimum Gasteiger partial charge on any atom is -0.356 e. The van der Waals surface area contributed by atoms with Crippen LogP contribution >= 0.6 is 12.2 Å². The molecule has 0 atom stereocenters. The van der Waals surface area contributed by atoms with Crippen molar-refractivity contribution in [3.63, 3.8) is 0 Å². The fourth-order valence-corrected chi connectivity index (χ4v) is 2.53. The largest absolute Gasteiger partial charge is 0.356 e. The first-order valence-corrected chi connectivity index (χ1v) is 7.76. The molecule has 2 aromatic rings. The summed E-state index contributed by atoms with van der Waals surface area (Å²) in [4.78, 5) is 11.8. The lowest BCUT2D eigenvalue weighted by atomic mass is 10.1. The molecule has 0 aliphatic carbocycles. The van der Waals surface area contributed by atoms with E-state index in [4.69, 9.17) is 12.2 Å². The van der Waals surface area contributed by atoms with Gasteiger partial charge in [0.05, 0.1) is 0 Å². The molecule has 0 saturated carbocycles. The molecule has 0 aliphatic rings. The van der Waals surface area contributed by atoms with Crippen molar-refractivity contribution in [2.24, 2.45) is 0 Å². The average Bonchev–Trinajstić information content (AvgIpc) is 2.88. The van der Waals surface area contributed by atoms with Gasteiger partial charge in [-0.2, -0.15) is 5.10 Å². The lowest BCUT2D eigenvalue weighted by molar-refractivity contribution is -0.121. The van der Waals surface area contributed by atoms with Crippen molar-refractivity contribution in [1.82, 2.24) is 20.1 Å². The number of aromatic nitrogens is 3. The van der Waals surface area contributed by atoms with Gasteiger partial charge < -0.3 is 9.88 Å². The maximum Gasteiger partial charge on any atom is 0.220 e. The van der Waals surface area contributed by atoms with Gasteiger partial charge in [-0.1, -0.05) is 0 Å². The quantitative estimate of drug-likeness (QED) is 0.762. The number of aromatic amines is 1. The lowest BCUT2D eigenvalue weighted by Gasteiger charge is -2.07. The van der Waals surface area contributed by atoms with Crippen LogP contribution in [0.25, 0.3) is 0 Å². The summed E-state index contributed by atoms with van der Waals surface area (Å²) in [7, 11) is 0. The monoisotopic (exact) mass is 340 g/mol. The second-order valence-electron chi connectivity index (χ2n) is 5.02. The number of H-pyrrole nitrogens is 1. The predicted octanol–water partition coefficient (Wildman–Crippen LogP) is 2.53. The zero-order valence-electron chi connectivity index (χ0n) is 12.7. The minimum absolute atomic E-state index is 0.0982. The first kappa shape index (κ1) is 17.3. The Morgan fingerprint density at radius 3 is 2.91 bits per heavy atom. The van der Waals surface area contributed by atoms with Crippen molar-refractivity contribution < 1.29 is 13.6 Å². The Kier molecular flexibility index (Phi) is 5.97. The standard InChI is InChI=1S/C15H18F2N4OS/c1-2-21-13(19-20-15(21)23)7-8-18-14(22)6-3-10-9-11(16)4-5-12(10)17/h4-5,9H,2-3,6-8H2,1H3,(H,18,22)(H,20,23).